The lowest BCUT2D eigenvalue weighted by molar-refractivity contribution is -0.120. The van der Waals surface area contributed by atoms with Gasteiger partial charge in [0.25, 0.3) is 12.3 Å². The van der Waals surface area contributed by atoms with Crippen LogP contribution in [0.1, 0.15) is 72.6 Å². The van der Waals surface area contributed by atoms with Crippen LogP contribution in [0.3, 0.4) is 0 Å². The molecule has 57 heavy (non-hydrogen) atoms. The van der Waals surface area contributed by atoms with E-state index in [4.69, 9.17) is 9.72 Å². The zero-order valence-corrected chi connectivity index (χ0v) is 31.5. The first-order valence-corrected chi connectivity index (χ1v) is 19.8. The molecule has 9 rings (SSSR count). The lowest BCUT2D eigenvalue weighted by Crippen LogP contribution is -2.49. The van der Waals surface area contributed by atoms with Crippen LogP contribution in [0.2, 0.25) is 0 Å². The van der Waals surface area contributed by atoms with Crippen molar-refractivity contribution in [2.45, 2.75) is 63.1 Å². The number of imide groups is 1. The number of hydrogen-bond acceptors (Lipinski definition) is 10. The second kappa shape index (κ2) is 15.8. The summed E-state index contributed by atoms with van der Waals surface area (Å²) in [5, 5.41) is 13.6. The number of nitrogens with one attached hydrogen (secondary N) is 2. The molecule has 0 spiro atoms. The van der Waals surface area contributed by atoms with Crippen LogP contribution in [0, 0.1) is 17.8 Å². The molecule has 2 bridgehead atoms. The van der Waals surface area contributed by atoms with Crippen LogP contribution >= 0.6 is 0 Å². The number of alkyl halides is 2. The van der Waals surface area contributed by atoms with Gasteiger partial charge in [-0.2, -0.15) is 10.2 Å². The van der Waals surface area contributed by atoms with Crippen molar-refractivity contribution in [1.29, 1.82) is 0 Å². The van der Waals surface area contributed by atoms with E-state index in [0.717, 1.165) is 88.4 Å². The quantitative estimate of drug-likeness (QED) is 0.240. The highest BCUT2D eigenvalue weighted by atomic mass is 19.3. The number of carbonyl (C=O) groups is 3. The summed E-state index contributed by atoms with van der Waals surface area (Å²) in [6, 6.07) is 9.19. The molecule has 5 aliphatic rings. The van der Waals surface area contributed by atoms with Crippen LogP contribution in [0.15, 0.2) is 48.9 Å². The molecule has 298 valence electrons. The summed E-state index contributed by atoms with van der Waals surface area (Å²) in [4.78, 5) is 50.6. The van der Waals surface area contributed by atoms with E-state index in [1.807, 2.05) is 30.3 Å². The van der Waals surface area contributed by atoms with Crippen molar-refractivity contribution in [3.63, 3.8) is 0 Å². The van der Waals surface area contributed by atoms with E-state index in [1.54, 1.807) is 22.0 Å². The van der Waals surface area contributed by atoms with E-state index in [2.05, 4.69) is 47.4 Å². The molecule has 5 fully saturated rings. The molecule has 0 unspecified atom stereocenters. The van der Waals surface area contributed by atoms with E-state index >= 15 is 0 Å². The number of halogens is 2. The third-order valence-electron chi connectivity index (χ3n) is 11.9. The SMILES string of the molecule is O=C1CCN(c2cccc(C#CCN3CCN(CC4CCC(n5cc(NC(=O)c6cnn7ccc(N8C[C@H]9C[C@@H]8CO9)nc67)c(C(F)F)n5)CC4)CC3)c2)C(=O)N1. The summed E-state index contributed by atoms with van der Waals surface area (Å²) in [7, 11) is 0. The third kappa shape index (κ3) is 7.94. The number of benzene rings is 1. The second-order valence-electron chi connectivity index (χ2n) is 15.6. The fraction of sp³-hybridized carbons (Fsp3) is 0.500. The van der Waals surface area contributed by atoms with Crippen LogP contribution in [0.25, 0.3) is 5.65 Å². The Morgan fingerprint density at radius 3 is 2.61 bits per heavy atom. The number of piperazine rings is 1. The van der Waals surface area contributed by atoms with Gasteiger partial charge in [-0.3, -0.25) is 29.4 Å². The summed E-state index contributed by atoms with van der Waals surface area (Å²) in [6.07, 6.45) is 6.87. The molecule has 7 heterocycles. The Balaban J connectivity index is 0.751. The van der Waals surface area contributed by atoms with Crippen molar-refractivity contribution in [2.24, 2.45) is 5.92 Å². The predicted octanol–water partition coefficient (Wildman–Crippen LogP) is 3.94. The first-order chi connectivity index (χ1) is 27.7. The van der Waals surface area contributed by atoms with Crippen molar-refractivity contribution in [3.8, 4) is 11.8 Å². The number of aromatic nitrogens is 5. The zero-order valence-electron chi connectivity index (χ0n) is 31.5. The van der Waals surface area contributed by atoms with Crippen LogP contribution in [-0.2, 0) is 9.53 Å². The van der Waals surface area contributed by atoms with Gasteiger partial charge in [-0.1, -0.05) is 17.9 Å². The van der Waals surface area contributed by atoms with E-state index in [-0.39, 0.29) is 41.8 Å². The minimum atomic E-state index is -2.85. The van der Waals surface area contributed by atoms with Crippen LogP contribution in [0.5, 0.6) is 0 Å². The van der Waals surface area contributed by atoms with Gasteiger partial charge in [0.15, 0.2) is 11.3 Å². The summed E-state index contributed by atoms with van der Waals surface area (Å²) in [5.74, 6) is 6.94. The third-order valence-corrected chi connectivity index (χ3v) is 11.9. The van der Waals surface area contributed by atoms with Gasteiger partial charge in [-0.05, 0) is 62.3 Å². The minimum Gasteiger partial charge on any atom is -0.374 e. The first-order valence-electron chi connectivity index (χ1n) is 19.8. The number of nitrogens with zero attached hydrogens (tertiary/aromatic N) is 9. The average molecular weight is 782 g/mol. The maximum atomic E-state index is 14.2. The maximum absolute atomic E-state index is 14.2. The Morgan fingerprint density at radius 2 is 1.86 bits per heavy atom. The maximum Gasteiger partial charge on any atom is 0.328 e. The monoisotopic (exact) mass is 781 g/mol. The fourth-order valence-electron chi connectivity index (χ4n) is 8.80. The number of anilines is 3. The molecule has 3 aromatic heterocycles. The number of carbonyl (C=O) groups excluding carboxylic acids is 3. The Labute approximate surface area is 328 Å². The van der Waals surface area contributed by atoms with E-state index < -0.39 is 24.1 Å². The topological polar surface area (TPSA) is 145 Å². The van der Waals surface area contributed by atoms with Gasteiger partial charge in [-0.25, -0.2) is 23.1 Å². The molecule has 0 radical (unpaired) electrons. The Bertz CT molecular complexity index is 2220. The van der Waals surface area contributed by atoms with Gasteiger partial charge in [0.1, 0.15) is 11.4 Å². The molecular weight excluding hydrogens is 737 g/mol. The number of urea groups is 1. The number of fused-ring (bicyclic) bond motifs is 3. The highest BCUT2D eigenvalue weighted by molar-refractivity contribution is 6.08. The van der Waals surface area contributed by atoms with Gasteiger partial charge >= 0.3 is 6.03 Å². The Hall–Kier alpha value is -5.44. The van der Waals surface area contributed by atoms with Crippen molar-refractivity contribution in [2.75, 3.05) is 74.1 Å². The van der Waals surface area contributed by atoms with Crippen molar-refractivity contribution in [3.05, 3.63) is 65.7 Å². The highest BCUT2D eigenvalue weighted by Gasteiger charge is 2.40. The van der Waals surface area contributed by atoms with E-state index in [1.165, 1.54) is 10.7 Å². The summed E-state index contributed by atoms with van der Waals surface area (Å²) >= 11 is 0. The van der Waals surface area contributed by atoms with Gasteiger partial charge in [0, 0.05) is 75.9 Å². The largest absolute Gasteiger partial charge is 0.374 e. The predicted molar refractivity (Wildman–Crippen MR) is 206 cm³/mol. The molecule has 1 saturated carbocycles. The van der Waals surface area contributed by atoms with Crippen LogP contribution in [0.4, 0.5) is 30.8 Å². The summed E-state index contributed by atoms with van der Waals surface area (Å²) < 4.78 is 37.3. The molecule has 4 amide bonds. The van der Waals surface area contributed by atoms with E-state index in [0.29, 0.717) is 31.3 Å². The van der Waals surface area contributed by atoms with Crippen molar-refractivity contribution in [1.82, 2.24) is 39.5 Å². The molecule has 1 aliphatic carbocycles. The lowest BCUT2D eigenvalue weighted by Gasteiger charge is -2.37. The van der Waals surface area contributed by atoms with Gasteiger partial charge in [0.2, 0.25) is 5.91 Å². The summed E-state index contributed by atoms with van der Waals surface area (Å²) in [5.41, 5.74) is 1.67. The average Bonchev–Trinajstić information content (AvgIpc) is 4.03. The zero-order chi connectivity index (χ0) is 39.0. The Kier molecular flexibility index (Phi) is 10.3. The van der Waals surface area contributed by atoms with E-state index in [9.17, 15) is 23.2 Å². The molecule has 15 nitrogen and oxygen atoms in total. The summed E-state index contributed by atoms with van der Waals surface area (Å²) in [6.45, 7) is 7.15. The van der Waals surface area contributed by atoms with Gasteiger partial charge < -0.3 is 19.9 Å². The van der Waals surface area contributed by atoms with Gasteiger partial charge in [-0.15, -0.1) is 0 Å². The molecule has 17 heteroatoms. The minimum absolute atomic E-state index is 0.00272. The molecule has 4 aliphatic heterocycles. The normalized spacial score (nSPS) is 24.3. The number of hydrogen-bond donors (Lipinski definition) is 2. The van der Waals surface area contributed by atoms with Crippen LogP contribution < -0.4 is 20.4 Å². The molecular formula is C40H45F2N11O4. The number of morpholine rings is 1. The standard InChI is InChI=1S/C40H45F2N11O4/c41-37(42)36-33(44-39(55)32-21-43-52-14-10-34(45-38(32)52)51-23-31-20-30(51)25-57-31)24-53(47-36)28-8-6-27(7-9-28)22-49-17-15-48(16-18-49)12-2-4-26-3-1-5-29(19-26)50-13-11-35(54)46-40(50)56/h1,3,5,10,14,19,21,24,27-28,30-31,37H,6-9,11-13,15-18,20,22-23,25H2,(H,44,55)(H,46,54,56)/t27?,28?,30-,31-/m1/s1. The first kappa shape index (κ1) is 37.2. The molecule has 1 aromatic carbocycles. The smallest absolute Gasteiger partial charge is 0.328 e. The number of rotatable bonds is 9. The fourth-order valence-corrected chi connectivity index (χ4v) is 8.80. The van der Waals surface area contributed by atoms with Crippen LogP contribution in [-0.4, -0.2) is 123 Å². The van der Waals surface area contributed by atoms with Crippen molar-refractivity contribution < 1.29 is 27.9 Å². The highest BCUT2D eigenvalue weighted by Crippen LogP contribution is 2.36. The lowest BCUT2D eigenvalue weighted by atomic mass is 9.85. The Morgan fingerprint density at radius 1 is 1.04 bits per heavy atom. The molecule has 2 atom stereocenters. The second-order valence-corrected chi connectivity index (χ2v) is 15.6. The van der Waals surface area contributed by atoms with Gasteiger partial charge in [0.05, 0.1) is 43.2 Å². The molecule has 4 saturated heterocycles. The number of ether oxygens (including phenoxy) is 1. The number of amides is 4. The molecule has 4 aromatic rings. The molecule has 2 N–H and O–H groups in total. The van der Waals surface area contributed by atoms with Crippen molar-refractivity contribution >= 4 is 40.7 Å².